The molecule has 27 heavy (non-hydrogen) atoms. The van der Waals surface area contributed by atoms with Gasteiger partial charge in [-0.2, -0.15) is 5.10 Å². The highest BCUT2D eigenvalue weighted by Crippen LogP contribution is 2.23. The second-order valence-electron chi connectivity index (χ2n) is 6.22. The number of aromatic nitrogens is 2. The van der Waals surface area contributed by atoms with Gasteiger partial charge in [-0.1, -0.05) is 35.3 Å². The number of likely N-dealkylation sites (N-methyl/N-ethyl adjacent to an activating group) is 1. The smallest absolute Gasteiger partial charge is 0.331 e. The van der Waals surface area contributed by atoms with Crippen molar-refractivity contribution in [1.82, 2.24) is 14.7 Å². The van der Waals surface area contributed by atoms with Crippen molar-refractivity contribution >= 4 is 41.2 Å². The van der Waals surface area contributed by atoms with Crippen molar-refractivity contribution in [3.63, 3.8) is 0 Å². The molecule has 1 aromatic carbocycles. The Hall–Kier alpha value is -2.31. The molecular weight excluding hydrogens is 389 g/mol. The first-order chi connectivity index (χ1) is 12.7. The Labute approximate surface area is 168 Å². The zero-order chi connectivity index (χ0) is 20.1. The quantitative estimate of drug-likeness (QED) is 0.540. The summed E-state index contributed by atoms with van der Waals surface area (Å²) >= 11 is 12.3. The maximum Gasteiger partial charge on any atom is 0.331 e. The van der Waals surface area contributed by atoms with Crippen LogP contribution in [0.4, 0.5) is 0 Å². The van der Waals surface area contributed by atoms with Crippen molar-refractivity contribution < 1.29 is 14.3 Å². The summed E-state index contributed by atoms with van der Waals surface area (Å²) in [6.07, 6.45) is 1.92. The van der Waals surface area contributed by atoms with Gasteiger partial charge in [-0.25, -0.2) is 9.48 Å². The highest BCUT2D eigenvalue weighted by Gasteiger charge is 2.18. The SMILES string of the molecule is Cc1nn(Cc2ccc(Cl)cc2)c(Cl)c1/C=C/C(=O)O[C@H](C)C(=O)N(C)C. The molecule has 0 saturated carbocycles. The lowest BCUT2D eigenvalue weighted by Crippen LogP contribution is -2.34. The van der Waals surface area contributed by atoms with Crippen molar-refractivity contribution in [3.05, 3.63) is 57.3 Å². The van der Waals surface area contributed by atoms with Crippen LogP contribution in [-0.4, -0.2) is 46.8 Å². The van der Waals surface area contributed by atoms with Gasteiger partial charge >= 0.3 is 5.97 Å². The molecule has 0 saturated heterocycles. The third kappa shape index (κ3) is 5.58. The molecule has 1 aromatic heterocycles. The molecule has 2 rings (SSSR count). The molecule has 6 nitrogen and oxygen atoms in total. The Bertz CT molecular complexity index is 858. The molecule has 0 unspecified atom stereocenters. The fourth-order valence-corrected chi connectivity index (χ4v) is 2.83. The number of halogens is 2. The van der Waals surface area contributed by atoms with Gasteiger partial charge in [0.05, 0.1) is 12.2 Å². The van der Waals surface area contributed by atoms with E-state index in [0.717, 1.165) is 5.56 Å². The molecule has 1 amide bonds. The highest BCUT2D eigenvalue weighted by atomic mass is 35.5. The van der Waals surface area contributed by atoms with Crippen LogP contribution in [0.5, 0.6) is 0 Å². The maximum absolute atomic E-state index is 11.9. The van der Waals surface area contributed by atoms with E-state index in [9.17, 15) is 9.59 Å². The van der Waals surface area contributed by atoms with Crippen molar-refractivity contribution in [1.29, 1.82) is 0 Å². The second kappa shape index (κ2) is 9.06. The maximum atomic E-state index is 11.9. The number of carbonyl (C=O) groups excluding carboxylic acids is 2. The minimum atomic E-state index is -0.860. The standard InChI is InChI=1S/C19H21Cl2N3O3/c1-12-16(9-10-17(25)27-13(2)19(26)23(3)4)18(21)24(22-12)11-14-5-7-15(20)8-6-14/h5-10,13H,11H2,1-4H3/b10-9+/t13-/m1/s1. The summed E-state index contributed by atoms with van der Waals surface area (Å²) in [7, 11) is 3.20. The molecule has 0 bridgehead atoms. The number of benzene rings is 1. The first-order valence-electron chi connectivity index (χ1n) is 8.26. The number of aryl methyl sites for hydroxylation is 1. The van der Waals surface area contributed by atoms with E-state index in [1.54, 1.807) is 37.8 Å². The molecule has 0 aliphatic rings. The molecule has 2 aromatic rings. The average Bonchev–Trinajstić information content (AvgIpc) is 2.87. The number of carbonyl (C=O) groups is 2. The number of amides is 1. The predicted octanol–water partition coefficient (Wildman–Crippen LogP) is 3.58. The third-order valence-electron chi connectivity index (χ3n) is 3.82. The fourth-order valence-electron chi connectivity index (χ4n) is 2.40. The van der Waals surface area contributed by atoms with Gasteiger partial charge in [-0.3, -0.25) is 4.79 Å². The summed E-state index contributed by atoms with van der Waals surface area (Å²) in [5.74, 6) is -0.916. The number of rotatable bonds is 6. The predicted molar refractivity (Wildman–Crippen MR) is 106 cm³/mol. The summed E-state index contributed by atoms with van der Waals surface area (Å²) in [6, 6.07) is 7.39. The summed E-state index contributed by atoms with van der Waals surface area (Å²) < 4.78 is 6.73. The van der Waals surface area contributed by atoms with Gasteiger partial charge in [0.25, 0.3) is 5.91 Å². The number of nitrogens with zero attached hydrogens (tertiary/aromatic N) is 3. The molecule has 0 spiro atoms. The number of hydrogen-bond donors (Lipinski definition) is 0. The summed E-state index contributed by atoms with van der Waals surface area (Å²) in [6.45, 7) is 3.80. The van der Waals surface area contributed by atoms with Gasteiger partial charge in [-0.05, 0) is 37.6 Å². The molecule has 8 heteroatoms. The molecule has 0 aliphatic heterocycles. The summed E-state index contributed by atoms with van der Waals surface area (Å²) in [5, 5.41) is 5.47. The summed E-state index contributed by atoms with van der Waals surface area (Å²) in [5.41, 5.74) is 2.29. The largest absolute Gasteiger partial charge is 0.449 e. The molecule has 0 fully saturated rings. The van der Waals surface area contributed by atoms with Crippen LogP contribution < -0.4 is 0 Å². The van der Waals surface area contributed by atoms with Gasteiger partial charge in [-0.15, -0.1) is 0 Å². The molecule has 1 heterocycles. The van der Waals surface area contributed by atoms with Crippen LogP contribution in [0.25, 0.3) is 6.08 Å². The van der Waals surface area contributed by atoms with Gasteiger partial charge in [0.15, 0.2) is 6.10 Å². The Kier molecular flexibility index (Phi) is 7.05. The van der Waals surface area contributed by atoms with E-state index in [1.807, 2.05) is 12.1 Å². The second-order valence-corrected chi connectivity index (χ2v) is 7.01. The van der Waals surface area contributed by atoms with Crippen LogP contribution in [-0.2, 0) is 20.9 Å². The highest BCUT2D eigenvalue weighted by molar-refractivity contribution is 6.31. The number of ether oxygens (including phenoxy) is 1. The molecular formula is C19H21Cl2N3O3. The first-order valence-corrected chi connectivity index (χ1v) is 9.02. The zero-order valence-corrected chi connectivity index (χ0v) is 17.1. The van der Waals surface area contributed by atoms with Crippen LogP contribution >= 0.6 is 23.2 Å². The van der Waals surface area contributed by atoms with Crippen LogP contribution in [0, 0.1) is 6.92 Å². The van der Waals surface area contributed by atoms with Gasteiger partial charge in [0.1, 0.15) is 5.15 Å². The third-order valence-corrected chi connectivity index (χ3v) is 4.47. The Morgan fingerprint density at radius 2 is 1.89 bits per heavy atom. The van der Waals surface area contributed by atoms with Crippen LogP contribution in [0.1, 0.15) is 23.7 Å². The Morgan fingerprint density at radius 1 is 1.26 bits per heavy atom. The molecule has 1 atom stereocenters. The lowest BCUT2D eigenvalue weighted by molar-refractivity contribution is -0.153. The monoisotopic (exact) mass is 409 g/mol. The van der Waals surface area contributed by atoms with E-state index in [0.29, 0.717) is 28.0 Å². The molecule has 0 radical (unpaired) electrons. The first kappa shape index (κ1) is 21.0. The van der Waals surface area contributed by atoms with Gasteiger partial charge < -0.3 is 9.64 Å². The zero-order valence-electron chi connectivity index (χ0n) is 15.6. The van der Waals surface area contributed by atoms with E-state index < -0.39 is 12.1 Å². The van der Waals surface area contributed by atoms with Crippen LogP contribution in [0.2, 0.25) is 10.2 Å². The van der Waals surface area contributed by atoms with E-state index in [2.05, 4.69) is 5.10 Å². The van der Waals surface area contributed by atoms with Crippen LogP contribution in [0.15, 0.2) is 30.3 Å². The minimum Gasteiger partial charge on any atom is -0.449 e. The Balaban J connectivity index is 2.09. The molecule has 144 valence electrons. The van der Waals surface area contributed by atoms with Crippen molar-refractivity contribution in [2.45, 2.75) is 26.5 Å². The topological polar surface area (TPSA) is 64.4 Å². The van der Waals surface area contributed by atoms with E-state index in [4.69, 9.17) is 27.9 Å². The van der Waals surface area contributed by atoms with Crippen molar-refractivity contribution in [2.24, 2.45) is 0 Å². The van der Waals surface area contributed by atoms with E-state index in [-0.39, 0.29) is 5.91 Å². The summed E-state index contributed by atoms with van der Waals surface area (Å²) in [4.78, 5) is 25.0. The van der Waals surface area contributed by atoms with Crippen molar-refractivity contribution in [2.75, 3.05) is 14.1 Å². The normalized spacial score (nSPS) is 12.2. The number of hydrogen-bond acceptors (Lipinski definition) is 4. The van der Waals surface area contributed by atoms with E-state index >= 15 is 0 Å². The fraction of sp³-hybridized carbons (Fsp3) is 0.316. The average molecular weight is 410 g/mol. The Morgan fingerprint density at radius 3 is 2.48 bits per heavy atom. The lowest BCUT2D eigenvalue weighted by Gasteiger charge is -2.16. The molecule has 0 N–H and O–H groups in total. The van der Waals surface area contributed by atoms with Crippen LogP contribution in [0.3, 0.4) is 0 Å². The lowest BCUT2D eigenvalue weighted by atomic mass is 10.2. The van der Waals surface area contributed by atoms with Crippen molar-refractivity contribution in [3.8, 4) is 0 Å². The minimum absolute atomic E-state index is 0.290. The molecule has 0 aliphatic carbocycles. The van der Waals surface area contributed by atoms with Gasteiger partial charge in [0, 0.05) is 30.8 Å². The van der Waals surface area contributed by atoms with Gasteiger partial charge in [0.2, 0.25) is 0 Å². The van der Waals surface area contributed by atoms with E-state index in [1.165, 1.54) is 24.0 Å². The number of esters is 1.